The summed E-state index contributed by atoms with van der Waals surface area (Å²) in [5.41, 5.74) is 1.25. The summed E-state index contributed by atoms with van der Waals surface area (Å²) in [6.45, 7) is 2.77. The summed E-state index contributed by atoms with van der Waals surface area (Å²) >= 11 is 1.36. The first-order valence-electron chi connectivity index (χ1n) is 8.36. The first-order valence-corrected chi connectivity index (χ1v) is 9.18. The summed E-state index contributed by atoms with van der Waals surface area (Å²) in [6, 6.07) is 11.2. The maximum absolute atomic E-state index is 10.7. The summed E-state index contributed by atoms with van der Waals surface area (Å²) in [5.74, 6) is 1.92. The lowest BCUT2D eigenvalue weighted by Crippen LogP contribution is -1.92. The van der Waals surface area contributed by atoms with E-state index in [1.165, 1.54) is 17.7 Å². The number of aromatic nitrogens is 2. The van der Waals surface area contributed by atoms with E-state index in [0.29, 0.717) is 45.6 Å². The second-order valence-corrected chi connectivity index (χ2v) is 6.58. The van der Waals surface area contributed by atoms with Crippen LogP contribution in [0.2, 0.25) is 0 Å². The lowest BCUT2D eigenvalue weighted by Gasteiger charge is -2.08. The fourth-order valence-corrected chi connectivity index (χ4v) is 3.76. The van der Waals surface area contributed by atoms with Gasteiger partial charge in [-0.3, -0.25) is 0 Å². The molecule has 0 radical (unpaired) electrons. The molecule has 136 valence electrons. The van der Waals surface area contributed by atoms with E-state index in [0.717, 1.165) is 5.56 Å². The number of hydrogen-bond acceptors (Lipinski definition) is 8. The summed E-state index contributed by atoms with van der Waals surface area (Å²) in [5, 5.41) is 19.0. The van der Waals surface area contributed by atoms with Crippen molar-refractivity contribution in [2.75, 3.05) is 6.61 Å². The van der Waals surface area contributed by atoms with Crippen molar-refractivity contribution >= 4 is 27.4 Å². The zero-order valence-corrected chi connectivity index (χ0v) is 15.3. The van der Waals surface area contributed by atoms with Gasteiger partial charge in [0.1, 0.15) is 34.6 Å². The second-order valence-electron chi connectivity index (χ2n) is 5.56. The maximum Gasteiger partial charge on any atom is 0.195 e. The molecular weight excluding hydrogens is 364 g/mol. The number of benzene rings is 1. The Morgan fingerprint density at radius 3 is 2.89 bits per heavy atom. The zero-order chi connectivity index (χ0) is 18.6. The third-order valence-electron chi connectivity index (χ3n) is 3.83. The van der Waals surface area contributed by atoms with Gasteiger partial charge in [0.25, 0.3) is 0 Å². The molecule has 27 heavy (non-hydrogen) atoms. The minimum absolute atomic E-state index is 0.0898. The molecule has 0 aliphatic rings. The van der Waals surface area contributed by atoms with Crippen molar-refractivity contribution < 1.29 is 14.3 Å². The van der Waals surface area contributed by atoms with Gasteiger partial charge in [-0.05, 0) is 31.2 Å². The third-order valence-corrected chi connectivity index (χ3v) is 5.03. The van der Waals surface area contributed by atoms with Crippen molar-refractivity contribution in [3.8, 4) is 21.9 Å². The molecule has 8 heteroatoms. The Labute approximate surface area is 159 Å². The molecule has 3 aromatic heterocycles. The summed E-state index contributed by atoms with van der Waals surface area (Å²) < 4.78 is 11.6. The number of aromatic hydroxyl groups is 1. The van der Waals surface area contributed by atoms with Gasteiger partial charge in [-0.1, -0.05) is 12.1 Å². The average Bonchev–Trinajstić information content (AvgIpc) is 3.32. The molecule has 4 aromatic rings. The lowest BCUT2D eigenvalue weighted by atomic mass is 10.1. The van der Waals surface area contributed by atoms with Crippen molar-refractivity contribution in [2.45, 2.75) is 13.5 Å². The van der Waals surface area contributed by atoms with E-state index in [9.17, 15) is 5.11 Å². The van der Waals surface area contributed by atoms with Crippen molar-refractivity contribution in [3.05, 3.63) is 54.7 Å². The predicted molar refractivity (Wildman–Crippen MR) is 103 cm³/mol. The van der Waals surface area contributed by atoms with Gasteiger partial charge in [0.05, 0.1) is 17.7 Å². The Balaban J connectivity index is 1.75. The van der Waals surface area contributed by atoms with E-state index < -0.39 is 0 Å². The van der Waals surface area contributed by atoms with Crippen LogP contribution in [0.3, 0.4) is 0 Å². The number of hydrogen-bond donors (Lipinski definition) is 1. The van der Waals surface area contributed by atoms with Crippen LogP contribution in [0.4, 0.5) is 5.82 Å². The molecule has 0 fully saturated rings. The van der Waals surface area contributed by atoms with Crippen LogP contribution >= 0.6 is 11.3 Å². The van der Waals surface area contributed by atoms with E-state index in [1.54, 1.807) is 12.3 Å². The molecule has 0 atom stereocenters. The Bertz CT molecular complexity index is 1090. The Morgan fingerprint density at radius 1 is 1.19 bits per heavy atom. The molecule has 1 N–H and O–H groups in total. The highest BCUT2D eigenvalue weighted by Gasteiger charge is 2.20. The molecule has 0 spiro atoms. The number of para-hydroxylation sites is 1. The molecule has 0 unspecified atom stereocenters. The summed E-state index contributed by atoms with van der Waals surface area (Å²) in [6.07, 6.45) is 2.96. The minimum atomic E-state index is 0.0898. The van der Waals surface area contributed by atoms with Crippen LogP contribution in [0.5, 0.6) is 11.5 Å². The number of thiophene rings is 1. The van der Waals surface area contributed by atoms with E-state index in [-0.39, 0.29) is 5.75 Å². The highest BCUT2D eigenvalue weighted by Crippen LogP contribution is 2.47. The number of nitrogens with zero attached hydrogens (tertiary/aromatic N) is 4. The van der Waals surface area contributed by atoms with Gasteiger partial charge < -0.3 is 14.3 Å². The quantitative estimate of drug-likeness (QED) is 0.456. The van der Waals surface area contributed by atoms with Gasteiger partial charge in [0.2, 0.25) is 0 Å². The van der Waals surface area contributed by atoms with Crippen molar-refractivity contribution in [3.63, 3.8) is 0 Å². The highest BCUT2D eigenvalue weighted by molar-refractivity contribution is 7.23. The second kappa shape index (κ2) is 7.55. The molecule has 0 amide bonds. The fraction of sp³-hybridized carbons (Fsp3) is 0.158. The Kier molecular flexibility index (Phi) is 4.80. The maximum atomic E-state index is 10.7. The number of azo groups is 1. The molecule has 0 bridgehead atoms. The lowest BCUT2D eigenvalue weighted by molar-refractivity contribution is 0.341. The molecule has 3 heterocycles. The van der Waals surface area contributed by atoms with Crippen LogP contribution in [0.25, 0.3) is 20.7 Å². The number of ether oxygens (including phenoxy) is 1. The van der Waals surface area contributed by atoms with E-state index in [4.69, 9.17) is 9.15 Å². The van der Waals surface area contributed by atoms with Crippen LogP contribution in [-0.2, 0) is 6.54 Å². The van der Waals surface area contributed by atoms with E-state index in [1.807, 2.05) is 37.3 Å². The van der Waals surface area contributed by atoms with Crippen LogP contribution in [-0.4, -0.2) is 21.7 Å². The standard InChI is InChI=1S/C19H16N4O3S/c1-2-25-14-8-4-3-7-13(14)17-16(24)15-18(27-17)19(21-11-20-15)23-22-10-12-6-5-9-26-12/h3-9,11,24H,2,10H2,1H3. The molecule has 4 rings (SSSR count). The number of rotatable bonds is 6. The third kappa shape index (κ3) is 3.39. The van der Waals surface area contributed by atoms with Crippen LogP contribution in [0.1, 0.15) is 12.7 Å². The summed E-state index contributed by atoms with van der Waals surface area (Å²) in [7, 11) is 0. The highest BCUT2D eigenvalue weighted by atomic mass is 32.1. The first-order chi connectivity index (χ1) is 13.3. The topological polar surface area (TPSA) is 93.1 Å². The van der Waals surface area contributed by atoms with Crippen molar-refractivity contribution in [2.24, 2.45) is 10.2 Å². The monoisotopic (exact) mass is 380 g/mol. The minimum Gasteiger partial charge on any atom is -0.504 e. The van der Waals surface area contributed by atoms with Crippen molar-refractivity contribution in [1.82, 2.24) is 9.97 Å². The Hall–Kier alpha value is -3.26. The normalized spacial score (nSPS) is 11.4. The molecule has 0 aliphatic carbocycles. The smallest absolute Gasteiger partial charge is 0.195 e. The summed E-state index contributed by atoms with van der Waals surface area (Å²) in [4.78, 5) is 9.07. The zero-order valence-electron chi connectivity index (χ0n) is 14.5. The van der Waals surface area contributed by atoms with Crippen LogP contribution in [0.15, 0.2) is 63.6 Å². The average molecular weight is 380 g/mol. The largest absolute Gasteiger partial charge is 0.504 e. The SMILES string of the molecule is CCOc1ccccc1-c1sc2c(N=NCc3ccco3)ncnc2c1O. The van der Waals surface area contributed by atoms with Crippen LogP contribution in [0, 0.1) is 0 Å². The molecule has 0 saturated carbocycles. The number of fused-ring (bicyclic) bond motifs is 1. The van der Waals surface area contributed by atoms with Crippen LogP contribution < -0.4 is 4.74 Å². The van der Waals surface area contributed by atoms with Gasteiger partial charge in [0, 0.05) is 5.56 Å². The Morgan fingerprint density at radius 2 is 2.07 bits per heavy atom. The fourth-order valence-electron chi connectivity index (χ4n) is 2.65. The molecule has 1 aromatic carbocycles. The molecule has 0 saturated heterocycles. The van der Waals surface area contributed by atoms with Gasteiger partial charge >= 0.3 is 0 Å². The van der Waals surface area contributed by atoms with E-state index >= 15 is 0 Å². The molecule has 0 aliphatic heterocycles. The van der Waals surface area contributed by atoms with Gasteiger partial charge in [-0.25, -0.2) is 9.97 Å². The molecule has 7 nitrogen and oxygen atoms in total. The first kappa shape index (κ1) is 17.2. The van der Waals surface area contributed by atoms with E-state index in [2.05, 4.69) is 20.2 Å². The van der Waals surface area contributed by atoms with Gasteiger partial charge in [-0.2, -0.15) is 5.11 Å². The van der Waals surface area contributed by atoms with Gasteiger partial charge in [-0.15, -0.1) is 16.5 Å². The number of furan rings is 1. The predicted octanol–water partition coefficient (Wildman–Crippen LogP) is 5.34. The van der Waals surface area contributed by atoms with Gasteiger partial charge in [0.15, 0.2) is 11.6 Å². The van der Waals surface area contributed by atoms with Crippen molar-refractivity contribution in [1.29, 1.82) is 0 Å². The molecular formula is C19H16N4O3S.